The number of nitrogens with one attached hydrogen (secondary N) is 1. The topological polar surface area (TPSA) is 52.5 Å². The Morgan fingerprint density at radius 1 is 1.78 bits per heavy atom. The van der Waals surface area contributed by atoms with Crippen LogP contribution in [0.4, 0.5) is 0 Å². The molecule has 0 saturated heterocycles. The van der Waals surface area contributed by atoms with Gasteiger partial charge >= 0.3 is 0 Å². The van der Waals surface area contributed by atoms with Crippen LogP contribution >= 0.6 is 11.6 Å². The molecule has 1 rings (SSSR count). The summed E-state index contributed by atoms with van der Waals surface area (Å²) in [4.78, 5) is 6.37. The summed E-state index contributed by atoms with van der Waals surface area (Å²) >= 11 is 5.51. The lowest BCUT2D eigenvalue weighted by molar-refractivity contribution is 1.20. The fourth-order valence-corrected chi connectivity index (χ4v) is 0.624. The molecule has 0 spiro atoms. The van der Waals surface area contributed by atoms with E-state index in [1.54, 1.807) is 6.92 Å². The van der Waals surface area contributed by atoms with Gasteiger partial charge < -0.3 is 4.98 Å². The van der Waals surface area contributed by atoms with Crippen molar-refractivity contribution < 1.29 is 0 Å². The Bertz CT molecular complexity index is 238. The smallest absolute Gasteiger partial charge is 0.211 e. The minimum Gasteiger partial charge on any atom is -0.332 e. The number of aromatic nitrogens is 2. The first-order chi connectivity index (χ1) is 4.24. The lowest BCUT2D eigenvalue weighted by Gasteiger charge is -1.76. The lowest BCUT2D eigenvalue weighted by atomic mass is 10.6. The molecular weight excluding hydrogens is 138 g/mol. The SMILES string of the molecule is Cc1[nH]c(C#N)nc1Cl. The monoisotopic (exact) mass is 141 g/mol. The summed E-state index contributed by atoms with van der Waals surface area (Å²) in [5, 5.41) is 8.64. The number of halogens is 1. The summed E-state index contributed by atoms with van der Waals surface area (Å²) in [7, 11) is 0. The van der Waals surface area contributed by atoms with E-state index in [1.165, 1.54) is 0 Å². The Hall–Kier alpha value is -1.01. The minimum atomic E-state index is 0.262. The zero-order valence-electron chi connectivity index (χ0n) is 4.77. The van der Waals surface area contributed by atoms with E-state index in [0.717, 1.165) is 5.69 Å². The Kier molecular flexibility index (Phi) is 1.41. The first-order valence-electron chi connectivity index (χ1n) is 2.36. The summed E-state index contributed by atoms with van der Waals surface area (Å²) in [6.45, 7) is 1.76. The molecule has 3 nitrogen and oxygen atoms in total. The number of aryl methyl sites for hydroxylation is 1. The van der Waals surface area contributed by atoms with Crippen molar-refractivity contribution >= 4 is 11.6 Å². The molecule has 0 aliphatic rings. The van der Waals surface area contributed by atoms with E-state index in [0.29, 0.717) is 5.15 Å². The third-order valence-corrected chi connectivity index (χ3v) is 1.30. The Labute approximate surface area is 57.3 Å². The fraction of sp³-hybridized carbons (Fsp3) is 0.200. The Morgan fingerprint density at radius 2 is 2.44 bits per heavy atom. The Morgan fingerprint density at radius 3 is 2.67 bits per heavy atom. The zero-order valence-corrected chi connectivity index (χ0v) is 5.53. The van der Waals surface area contributed by atoms with Crippen molar-refractivity contribution in [1.82, 2.24) is 9.97 Å². The van der Waals surface area contributed by atoms with E-state index in [9.17, 15) is 0 Å². The maximum absolute atomic E-state index is 8.27. The van der Waals surface area contributed by atoms with E-state index >= 15 is 0 Å². The highest BCUT2D eigenvalue weighted by Gasteiger charge is 2.00. The van der Waals surface area contributed by atoms with Crippen molar-refractivity contribution in [2.75, 3.05) is 0 Å². The van der Waals surface area contributed by atoms with Gasteiger partial charge in [0.2, 0.25) is 5.82 Å². The normalized spacial score (nSPS) is 9.00. The Balaban J connectivity index is 3.16. The van der Waals surface area contributed by atoms with Gasteiger partial charge in [0, 0.05) is 0 Å². The quantitative estimate of drug-likeness (QED) is 0.591. The van der Waals surface area contributed by atoms with Crippen LogP contribution in [0.3, 0.4) is 0 Å². The van der Waals surface area contributed by atoms with Gasteiger partial charge in [0.05, 0.1) is 5.69 Å². The van der Waals surface area contributed by atoms with Crippen LogP contribution in [-0.2, 0) is 0 Å². The van der Waals surface area contributed by atoms with Gasteiger partial charge in [0.15, 0.2) is 5.15 Å². The average Bonchev–Trinajstić information content (AvgIpc) is 2.13. The van der Waals surface area contributed by atoms with Crippen molar-refractivity contribution in [2.24, 2.45) is 0 Å². The number of nitrogens with zero attached hydrogens (tertiary/aromatic N) is 2. The highest BCUT2D eigenvalue weighted by atomic mass is 35.5. The highest BCUT2D eigenvalue weighted by Crippen LogP contribution is 2.09. The highest BCUT2D eigenvalue weighted by molar-refractivity contribution is 6.30. The van der Waals surface area contributed by atoms with E-state index in [1.807, 2.05) is 6.07 Å². The summed E-state index contributed by atoms with van der Waals surface area (Å²) in [6, 6.07) is 1.84. The summed E-state index contributed by atoms with van der Waals surface area (Å²) in [5.41, 5.74) is 0.730. The first-order valence-corrected chi connectivity index (χ1v) is 2.74. The average molecular weight is 142 g/mol. The molecule has 0 fully saturated rings. The third kappa shape index (κ3) is 1.03. The predicted octanol–water partition coefficient (Wildman–Crippen LogP) is 1.24. The van der Waals surface area contributed by atoms with Gasteiger partial charge in [-0.05, 0) is 6.92 Å². The van der Waals surface area contributed by atoms with Crippen molar-refractivity contribution in [3.05, 3.63) is 16.7 Å². The molecule has 46 valence electrons. The van der Waals surface area contributed by atoms with Gasteiger partial charge in [0.1, 0.15) is 6.07 Å². The molecule has 0 saturated carbocycles. The third-order valence-electron chi connectivity index (χ3n) is 0.931. The molecule has 0 unspecified atom stereocenters. The minimum absolute atomic E-state index is 0.262. The first kappa shape index (κ1) is 6.12. The fourth-order valence-electron chi connectivity index (χ4n) is 0.492. The summed E-state index contributed by atoms with van der Waals surface area (Å²) in [6.07, 6.45) is 0. The van der Waals surface area contributed by atoms with Crippen LogP contribution in [0.1, 0.15) is 11.5 Å². The molecule has 0 aliphatic carbocycles. The number of aromatic amines is 1. The number of H-pyrrole nitrogens is 1. The van der Waals surface area contributed by atoms with Crippen LogP contribution in [0.15, 0.2) is 0 Å². The summed E-state index contributed by atoms with van der Waals surface area (Å²) < 4.78 is 0. The zero-order chi connectivity index (χ0) is 6.85. The van der Waals surface area contributed by atoms with Gasteiger partial charge in [-0.3, -0.25) is 0 Å². The standard InChI is InChI=1S/C5H4ClN3/c1-3-5(6)9-4(2-7)8-3/h1H3,(H,8,9). The molecule has 0 bridgehead atoms. The van der Waals surface area contributed by atoms with Crippen molar-refractivity contribution in [2.45, 2.75) is 6.92 Å². The van der Waals surface area contributed by atoms with Gasteiger partial charge in [0.25, 0.3) is 0 Å². The number of hydrogen-bond donors (Lipinski definition) is 1. The van der Waals surface area contributed by atoms with Crippen LogP contribution in [0.2, 0.25) is 5.15 Å². The number of nitriles is 1. The second-order valence-corrected chi connectivity index (χ2v) is 1.97. The van der Waals surface area contributed by atoms with E-state index < -0.39 is 0 Å². The summed E-state index contributed by atoms with van der Waals surface area (Å²) in [5.74, 6) is 0.262. The van der Waals surface area contributed by atoms with Gasteiger partial charge in [-0.2, -0.15) is 5.26 Å². The van der Waals surface area contributed by atoms with E-state index in [4.69, 9.17) is 16.9 Å². The number of imidazole rings is 1. The molecule has 0 radical (unpaired) electrons. The molecule has 1 aromatic rings. The molecule has 9 heavy (non-hydrogen) atoms. The molecule has 0 amide bonds. The lowest BCUT2D eigenvalue weighted by Crippen LogP contribution is -1.73. The second-order valence-electron chi connectivity index (χ2n) is 1.61. The molecule has 4 heteroatoms. The molecule has 0 atom stereocenters. The van der Waals surface area contributed by atoms with Crippen LogP contribution in [-0.4, -0.2) is 9.97 Å². The molecule has 0 aromatic carbocycles. The maximum atomic E-state index is 8.27. The second kappa shape index (κ2) is 2.08. The van der Waals surface area contributed by atoms with Crippen LogP contribution < -0.4 is 0 Å². The molecule has 0 aliphatic heterocycles. The molecule has 1 heterocycles. The molecule has 1 aromatic heterocycles. The largest absolute Gasteiger partial charge is 0.332 e. The predicted molar refractivity (Wildman–Crippen MR) is 33.0 cm³/mol. The van der Waals surface area contributed by atoms with Gasteiger partial charge in [-0.15, -0.1) is 0 Å². The molecule has 1 N–H and O–H groups in total. The number of hydrogen-bond acceptors (Lipinski definition) is 2. The van der Waals surface area contributed by atoms with Crippen molar-refractivity contribution in [3.63, 3.8) is 0 Å². The van der Waals surface area contributed by atoms with Gasteiger partial charge in [-0.25, -0.2) is 4.98 Å². The van der Waals surface area contributed by atoms with Crippen LogP contribution in [0, 0.1) is 18.3 Å². The van der Waals surface area contributed by atoms with E-state index in [-0.39, 0.29) is 5.82 Å². The van der Waals surface area contributed by atoms with E-state index in [2.05, 4.69) is 9.97 Å². The molecular formula is C5H4ClN3. The maximum Gasteiger partial charge on any atom is 0.211 e. The van der Waals surface area contributed by atoms with Crippen molar-refractivity contribution in [1.29, 1.82) is 5.26 Å². The van der Waals surface area contributed by atoms with Crippen LogP contribution in [0.5, 0.6) is 0 Å². The van der Waals surface area contributed by atoms with Gasteiger partial charge in [-0.1, -0.05) is 11.6 Å². The number of rotatable bonds is 0. The van der Waals surface area contributed by atoms with Crippen LogP contribution in [0.25, 0.3) is 0 Å². The van der Waals surface area contributed by atoms with Crippen molar-refractivity contribution in [3.8, 4) is 6.07 Å².